The Labute approximate surface area is 111 Å². The number of rotatable bonds is 3. The molecule has 96 valence electrons. The van der Waals surface area contributed by atoms with E-state index in [9.17, 15) is 15.0 Å². The van der Waals surface area contributed by atoms with Crippen molar-refractivity contribution in [1.29, 1.82) is 0 Å². The van der Waals surface area contributed by atoms with Crippen LogP contribution in [0.15, 0.2) is 48.5 Å². The van der Waals surface area contributed by atoms with E-state index in [1.165, 1.54) is 0 Å². The molecule has 0 unspecified atom stereocenters. The molecule has 2 aromatic rings. The number of carboxylic acids is 1. The zero-order valence-corrected chi connectivity index (χ0v) is 10.5. The van der Waals surface area contributed by atoms with E-state index in [2.05, 4.69) is 0 Å². The zero-order chi connectivity index (χ0) is 13.8. The lowest BCUT2D eigenvalue weighted by atomic mass is 10.0. The molecule has 0 saturated carbocycles. The standard InChI is InChI=1S/C16H14O3/c1-11-9-12(7-8-15(11)17)10-14(16(18)19)13-5-3-2-4-6-13/h2-10,17H,1H3,(H,18,19)/b14-10+. The van der Waals surface area contributed by atoms with Crippen molar-refractivity contribution in [3.05, 3.63) is 65.2 Å². The van der Waals surface area contributed by atoms with E-state index < -0.39 is 5.97 Å². The van der Waals surface area contributed by atoms with Crippen molar-refractivity contribution in [3.8, 4) is 5.75 Å². The normalized spacial score (nSPS) is 11.3. The lowest BCUT2D eigenvalue weighted by Crippen LogP contribution is -1.99. The number of aryl methyl sites for hydroxylation is 1. The van der Waals surface area contributed by atoms with Gasteiger partial charge in [-0.2, -0.15) is 0 Å². The number of hydrogen-bond donors (Lipinski definition) is 2. The highest BCUT2D eigenvalue weighted by Gasteiger charge is 2.10. The molecule has 0 radical (unpaired) electrons. The summed E-state index contributed by atoms with van der Waals surface area (Å²) in [7, 11) is 0. The van der Waals surface area contributed by atoms with Gasteiger partial charge in [0.1, 0.15) is 5.75 Å². The van der Waals surface area contributed by atoms with Crippen LogP contribution in [0.2, 0.25) is 0 Å². The van der Waals surface area contributed by atoms with Crippen LogP contribution < -0.4 is 0 Å². The van der Waals surface area contributed by atoms with Crippen molar-refractivity contribution in [2.45, 2.75) is 6.92 Å². The smallest absolute Gasteiger partial charge is 0.336 e. The van der Waals surface area contributed by atoms with E-state index in [1.54, 1.807) is 55.5 Å². The van der Waals surface area contributed by atoms with Gasteiger partial charge < -0.3 is 10.2 Å². The van der Waals surface area contributed by atoms with Crippen LogP contribution in [-0.4, -0.2) is 16.2 Å². The van der Waals surface area contributed by atoms with Gasteiger partial charge in [-0.25, -0.2) is 4.79 Å². The minimum Gasteiger partial charge on any atom is -0.508 e. The van der Waals surface area contributed by atoms with E-state index in [1.807, 2.05) is 6.07 Å². The number of hydrogen-bond acceptors (Lipinski definition) is 2. The molecule has 0 aromatic heterocycles. The van der Waals surface area contributed by atoms with E-state index in [0.29, 0.717) is 11.1 Å². The number of aliphatic carboxylic acids is 1. The van der Waals surface area contributed by atoms with Crippen LogP contribution in [-0.2, 0) is 4.79 Å². The van der Waals surface area contributed by atoms with Crippen LogP contribution in [0.5, 0.6) is 5.75 Å². The molecule has 3 heteroatoms. The van der Waals surface area contributed by atoms with Gasteiger partial charge >= 0.3 is 5.97 Å². The van der Waals surface area contributed by atoms with Crippen molar-refractivity contribution in [2.24, 2.45) is 0 Å². The molecule has 3 nitrogen and oxygen atoms in total. The molecule has 0 aliphatic heterocycles. The van der Waals surface area contributed by atoms with Crippen molar-refractivity contribution < 1.29 is 15.0 Å². The Bertz CT molecular complexity index is 628. The number of carboxylic acid groups (broad SMARTS) is 1. The summed E-state index contributed by atoms with van der Waals surface area (Å²) in [5.41, 5.74) is 2.34. The molecule has 0 saturated heterocycles. The Balaban J connectivity index is 2.47. The maximum Gasteiger partial charge on any atom is 0.336 e. The number of aromatic hydroxyl groups is 1. The molecule has 0 heterocycles. The van der Waals surface area contributed by atoms with Gasteiger partial charge in [-0.15, -0.1) is 0 Å². The molecule has 2 rings (SSSR count). The van der Waals surface area contributed by atoms with Gasteiger partial charge in [0.05, 0.1) is 5.57 Å². The summed E-state index contributed by atoms with van der Waals surface area (Å²) < 4.78 is 0. The van der Waals surface area contributed by atoms with E-state index in [-0.39, 0.29) is 11.3 Å². The third kappa shape index (κ3) is 3.01. The first kappa shape index (κ1) is 12.9. The Morgan fingerprint density at radius 2 is 1.79 bits per heavy atom. The second-order valence-corrected chi connectivity index (χ2v) is 4.28. The van der Waals surface area contributed by atoms with Crippen LogP contribution >= 0.6 is 0 Å². The summed E-state index contributed by atoms with van der Waals surface area (Å²) in [6.45, 7) is 1.77. The molecule has 19 heavy (non-hydrogen) atoms. The number of phenolic OH excluding ortho intramolecular Hbond substituents is 1. The third-order valence-electron chi connectivity index (χ3n) is 2.85. The molecular weight excluding hydrogens is 240 g/mol. The zero-order valence-electron chi connectivity index (χ0n) is 10.5. The highest BCUT2D eigenvalue weighted by molar-refractivity contribution is 6.20. The molecule has 0 fully saturated rings. The molecule has 0 aliphatic rings. The van der Waals surface area contributed by atoms with Gasteiger partial charge in [-0.1, -0.05) is 36.4 Å². The molecule has 0 atom stereocenters. The van der Waals surface area contributed by atoms with E-state index in [4.69, 9.17) is 0 Å². The molecule has 0 aliphatic carbocycles. The highest BCUT2D eigenvalue weighted by Crippen LogP contribution is 2.22. The number of phenols is 1. The number of benzene rings is 2. The van der Waals surface area contributed by atoms with Gasteiger partial charge in [-0.05, 0) is 41.8 Å². The average Bonchev–Trinajstić information content (AvgIpc) is 2.40. The summed E-state index contributed by atoms with van der Waals surface area (Å²) in [4.78, 5) is 11.3. The van der Waals surface area contributed by atoms with Crippen LogP contribution in [0.4, 0.5) is 0 Å². The predicted octanol–water partition coefficient (Wildman–Crippen LogP) is 3.33. The Morgan fingerprint density at radius 1 is 1.11 bits per heavy atom. The molecule has 0 bridgehead atoms. The van der Waals surface area contributed by atoms with Gasteiger partial charge in [0.15, 0.2) is 0 Å². The summed E-state index contributed by atoms with van der Waals surface area (Å²) >= 11 is 0. The van der Waals surface area contributed by atoms with Crippen molar-refractivity contribution in [1.82, 2.24) is 0 Å². The van der Waals surface area contributed by atoms with Crippen molar-refractivity contribution >= 4 is 17.6 Å². The quantitative estimate of drug-likeness (QED) is 0.652. The largest absolute Gasteiger partial charge is 0.508 e. The first-order valence-corrected chi connectivity index (χ1v) is 5.88. The van der Waals surface area contributed by atoms with Crippen LogP contribution in [0.3, 0.4) is 0 Å². The summed E-state index contributed by atoms with van der Waals surface area (Å²) in [6.07, 6.45) is 1.60. The minimum absolute atomic E-state index is 0.203. The maximum absolute atomic E-state index is 11.3. The van der Waals surface area contributed by atoms with E-state index in [0.717, 1.165) is 5.56 Å². The maximum atomic E-state index is 11.3. The molecule has 2 aromatic carbocycles. The lowest BCUT2D eigenvalue weighted by molar-refractivity contribution is -0.130. The predicted molar refractivity (Wildman–Crippen MR) is 74.8 cm³/mol. The summed E-state index contributed by atoms with van der Waals surface area (Å²) in [5.74, 6) is -0.773. The highest BCUT2D eigenvalue weighted by atomic mass is 16.4. The Hall–Kier alpha value is -2.55. The topological polar surface area (TPSA) is 57.5 Å². The van der Waals surface area contributed by atoms with Crippen LogP contribution in [0, 0.1) is 6.92 Å². The fraction of sp³-hybridized carbons (Fsp3) is 0.0625. The molecule has 0 amide bonds. The van der Waals surface area contributed by atoms with Crippen molar-refractivity contribution in [3.63, 3.8) is 0 Å². The minimum atomic E-state index is -0.975. The van der Waals surface area contributed by atoms with Crippen molar-refractivity contribution in [2.75, 3.05) is 0 Å². The second kappa shape index (κ2) is 5.40. The number of carbonyl (C=O) groups is 1. The second-order valence-electron chi connectivity index (χ2n) is 4.28. The van der Waals surface area contributed by atoms with Gasteiger partial charge in [0, 0.05) is 0 Å². The van der Waals surface area contributed by atoms with Gasteiger partial charge in [0.2, 0.25) is 0 Å². The Kier molecular flexibility index (Phi) is 3.66. The van der Waals surface area contributed by atoms with Gasteiger partial charge in [0.25, 0.3) is 0 Å². The fourth-order valence-corrected chi connectivity index (χ4v) is 1.82. The SMILES string of the molecule is Cc1cc(/C=C(/C(=O)O)c2ccccc2)ccc1O. The molecular formula is C16H14O3. The van der Waals surface area contributed by atoms with E-state index >= 15 is 0 Å². The third-order valence-corrected chi connectivity index (χ3v) is 2.85. The van der Waals surface area contributed by atoms with Crippen LogP contribution in [0.25, 0.3) is 11.6 Å². The Morgan fingerprint density at radius 3 is 2.37 bits per heavy atom. The van der Waals surface area contributed by atoms with Gasteiger partial charge in [-0.3, -0.25) is 0 Å². The first-order valence-electron chi connectivity index (χ1n) is 5.88. The monoisotopic (exact) mass is 254 g/mol. The summed E-state index contributed by atoms with van der Waals surface area (Å²) in [6, 6.07) is 14.0. The van der Waals surface area contributed by atoms with Crippen LogP contribution in [0.1, 0.15) is 16.7 Å². The molecule has 0 spiro atoms. The lowest BCUT2D eigenvalue weighted by Gasteiger charge is -2.04. The first-order chi connectivity index (χ1) is 9.08. The average molecular weight is 254 g/mol. The fourth-order valence-electron chi connectivity index (χ4n) is 1.82. The molecule has 2 N–H and O–H groups in total. The summed E-state index contributed by atoms with van der Waals surface area (Å²) in [5, 5.41) is 18.8.